The maximum absolute atomic E-state index is 12.3. The summed E-state index contributed by atoms with van der Waals surface area (Å²) in [5.41, 5.74) is 4.40. The first-order chi connectivity index (χ1) is 12.2. The Kier molecular flexibility index (Phi) is 5.71. The third kappa shape index (κ3) is 4.40. The molecule has 0 bridgehead atoms. The lowest BCUT2D eigenvalue weighted by Gasteiger charge is -2.24. The molecular formula is C21H26N2O2. The molecule has 0 unspecified atom stereocenters. The third-order valence-corrected chi connectivity index (χ3v) is 4.67. The van der Waals surface area contributed by atoms with Crippen molar-refractivity contribution in [3.05, 3.63) is 54.1 Å². The highest BCUT2D eigenvalue weighted by atomic mass is 16.5. The average molecular weight is 338 g/mol. The minimum atomic E-state index is 0.0628. The molecule has 132 valence electrons. The summed E-state index contributed by atoms with van der Waals surface area (Å²) >= 11 is 0. The Bertz CT molecular complexity index is 706. The molecule has 25 heavy (non-hydrogen) atoms. The van der Waals surface area contributed by atoms with Gasteiger partial charge in [0.2, 0.25) is 5.91 Å². The number of carbonyl (C=O) groups excluding carboxylic acids is 1. The molecule has 2 aromatic rings. The number of nitrogens with zero attached hydrogens (tertiary/aromatic N) is 1. The van der Waals surface area contributed by atoms with Gasteiger partial charge in [0.15, 0.2) is 0 Å². The highest BCUT2D eigenvalue weighted by Gasteiger charge is 2.21. The molecule has 1 aliphatic heterocycles. The molecule has 1 fully saturated rings. The predicted octanol–water partition coefficient (Wildman–Crippen LogP) is 4.52. The lowest BCUT2D eigenvalue weighted by atomic mass is 9.99. The Morgan fingerprint density at radius 1 is 1.12 bits per heavy atom. The highest BCUT2D eigenvalue weighted by Crippen LogP contribution is 2.27. The second-order valence-corrected chi connectivity index (χ2v) is 6.51. The van der Waals surface area contributed by atoms with Crippen LogP contribution in [-0.4, -0.2) is 25.7 Å². The van der Waals surface area contributed by atoms with E-state index in [1.165, 1.54) is 11.3 Å². The fourth-order valence-electron chi connectivity index (χ4n) is 3.24. The van der Waals surface area contributed by atoms with E-state index in [0.29, 0.717) is 13.2 Å². The maximum atomic E-state index is 12.3. The van der Waals surface area contributed by atoms with Crippen LogP contribution in [0.1, 0.15) is 25.3 Å². The number of rotatable bonds is 5. The molecular weight excluding hydrogens is 312 g/mol. The van der Waals surface area contributed by atoms with E-state index in [0.717, 1.165) is 30.8 Å². The summed E-state index contributed by atoms with van der Waals surface area (Å²) in [6, 6.07) is 16.6. The minimum Gasteiger partial charge on any atom is -0.381 e. The van der Waals surface area contributed by atoms with Crippen LogP contribution in [0, 0.1) is 12.8 Å². The van der Waals surface area contributed by atoms with E-state index in [-0.39, 0.29) is 11.8 Å². The maximum Gasteiger partial charge on any atom is 0.227 e. The minimum absolute atomic E-state index is 0.0628. The van der Waals surface area contributed by atoms with E-state index in [2.05, 4.69) is 60.5 Å². The van der Waals surface area contributed by atoms with Crippen LogP contribution in [0.15, 0.2) is 48.5 Å². The van der Waals surface area contributed by atoms with E-state index < -0.39 is 0 Å². The fraction of sp³-hybridized carbons (Fsp3) is 0.381. The van der Waals surface area contributed by atoms with Gasteiger partial charge in [-0.2, -0.15) is 0 Å². The third-order valence-electron chi connectivity index (χ3n) is 4.67. The number of benzene rings is 2. The van der Waals surface area contributed by atoms with Crippen molar-refractivity contribution >= 4 is 23.0 Å². The van der Waals surface area contributed by atoms with Crippen molar-refractivity contribution in [3.63, 3.8) is 0 Å². The topological polar surface area (TPSA) is 41.6 Å². The van der Waals surface area contributed by atoms with Gasteiger partial charge >= 0.3 is 0 Å². The van der Waals surface area contributed by atoms with E-state index in [1.54, 1.807) is 0 Å². The van der Waals surface area contributed by atoms with Gasteiger partial charge in [0, 0.05) is 42.7 Å². The van der Waals surface area contributed by atoms with Crippen LogP contribution in [0.25, 0.3) is 0 Å². The van der Waals surface area contributed by atoms with Crippen LogP contribution in [0.3, 0.4) is 0 Å². The standard InChI is InChI=1S/C21H26N2O2/c1-3-23(20-6-4-5-16(2)15-20)19-9-7-18(8-10-19)22-21(24)17-11-13-25-14-12-17/h4-10,15,17H,3,11-14H2,1-2H3,(H,22,24). The number of aryl methyl sites for hydroxylation is 1. The van der Waals surface area contributed by atoms with Crippen LogP contribution < -0.4 is 10.2 Å². The normalized spacial score (nSPS) is 15.0. The van der Waals surface area contributed by atoms with Crippen molar-refractivity contribution in [2.24, 2.45) is 5.92 Å². The first-order valence-electron chi connectivity index (χ1n) is 9.00. The number of amides is 1. The molecule has 1 aliphatic rings. The van der Waals surface area contributed by atoms with Gasteiger partial charge in [0.25, 0.3) is 0 Å². The Hall–Kier alpha value is -2.33. The van der Waals surface area contributed by atoms with Gasteiger partial charge in [-0.25, -0.2) is 0 Å². The van der Waals surface area contributed by atoms with Gasteiger partial charge in [-0.3, -0.25) is 4.79 Å². The van der Waals surface area contributed by atoms with E-state index >= 15 is 0 Å². The van der Waals surface area contributed by atoms with E-state index in [9.17, 15) is 4.79 Å². The SMILES string of the molecule is CCN(c1ccc(NC(=O)C2CCOCC2)cc1)c1cccc(C)c1. The van der Waals surface area contributed by atoms with Crippen molar-refractivity contribution in [2.75, 3.05) is 30.0 Å². The first kappa shape index (κ1) is 17.5. The summed E-state index contributed by atoms with van der Waals surface area (Å²) in [4.78, 5) is 14.6. The van der Waals surface area contributed by atoms with Gasteiger partial charge in [0.05, 0.1) is 0 Å². The van der Waals surface area contributed by atoms with Crippen LogP contribution in [0.4, 0.5) is 17.1 Å². The second-order valence-electron chi connectivity index (χ2n) is 6.51. The smallest absolute Gasteiger partial charge is 0.227 e. The van der Waals surface area contributed by atoms with Crippen molar-refractivity contribution < 1.29 is 9.53 Å². The number of ether oxygens (including phenoxy) is 1. The Labute approximate surface area is 149 Å². The molecule has 0 aliphatic carbocycles. The van der Waals surface area contributed by atoms with Gasteiger partial charge < -0.3 is 15.0 Å². The number of nitrogens with one attached hydrogen (secondary N) is 1. The summed E-state index contributed by atoms with van der Waals surface area (Å²) < 4.78 is 5.32. The van der Waals surface area contributed by atoms with Gasteiger partial charge in [0.1, 0.15) is 0 Å². The molecule has 4 nitrogen and oxygen atoms in total. The Morgan fingerprint density at radius 2 is 1.84 bits per heavy atom. The fourth-order valence-corrected chi connectivity index (χ4v) is 3.24. The van der Waals surface area contributed by atoms with Crippen molar-refractivity contribution in [1.29, 1.82) is 0 Å². The highest BCUT2D eigenvalue weighted by molar-refractivity contribution is 5.92. The van der Waals surface area contributed by atoms with Crippen molar-refractivity contribution in [1.82, 2.24) is 0 Å². The van der Waals surface area contributed by atoms with Gasteiger partial charge in [-0.1, -0.05) is 12.1 Å². The quantitative estimate of drug-likeness (QED) is 0.871. The number of anilines is 3. The zero-order valence-electron chi connectivity index (χ0n) is 15.0. The number of hydrogen-bond donors (Lipinski definition) is 1. The average Bonchev–Trinajstić information content (AvgIpc) is 2.64. The summed E-state index contributed by atoms with van der Waals surface area (Å²) in [6.45, 7) is 6.49. The molecule has 0 saturated carbocycles. The molecule has 1 saturated heterocycles. The number of hydrogen-bond acceptors (Lipinski definition) is 3. The van der Waals surface area contributed by atoms with Crippen LogP contribution in [-0.2, 0) is 9.53 Å². The zero-order valence-corrected chi connectivity index (χ0v) is 15.0. The molecule has 1 heterocycles. The molecule has 0 radical (unpaired) electrons. The predicted molar refractivity (Wildman–Crippen MR) is 102 cm³/mol. The zero-order chi connectivity index (χ0) is 17.6. The lowest BCUT2D eigenvalue weighted by molar-refractivity contribution is -0.122. The monoisotopic (exact) mass is 338 g/mol. The summed E-state index contributed by atoms with van der Waals surface area (Å²) in [7, 11) is 0. The molecule has 1 N–H and O–H groups in total. The van der Waals surface area contributed by atoms with Crippen LogP contribution >= 0.6 is 0 Å². The number of carbonyl (C=O) groups is 1. The largest absolute Gasteiger partial charge is 0.381 e. The van der Waals surface area contributed by atoms with Crippen molar-refractivity contribution in [2.45, 2.75) is 26.7 Å². The molecule has 0 aromatic heterocycles. The summed E-state index contributed by atoms with van der Waals surface area (Å²) in [5, 5.41) is 3.03. The Morgan fingerprint density at radius 3 is 2.48 bits per heavy atom. The van der Waals surface area contributed by atoms with Gasteiger partial charge in [-0.05, 0) is 68.7 Å². The Balaban J connectivity index is 1.69. The van der Waals surface area contributed by atoms with Gasteiger partial charge in [-0.15, -0.1) is 0 Å². The molecule has 2 aromatic carbocycles. The first-order valence-corrected chi connectivity index (χ1v) is 9.00. The molecule has 4 heteroatoms. The van der Waals surface area contributed by atoms with E-state index in [1.807, 2.05) is 12.1 Å². The van der Waals surface area contributed by atoms with Crippen LogP contribution in [0.2, 0.25) is 0 Å². The van der Waals surface area contributed by atoms with Crippen LogP contribution in [0.5, 0.6) is 0 Å². The molecule has 3 rings (SSSR count). The molecule has 0 atom stereocenters. The molecule has 1 amide bonds. The lowest BCUT2D eigenvalue weighted by Crippen LogP contribution is -2.28. The van der Waals surface area contributed by atoms with E-state index in [4.69, 9.17) is 4.74 Å². The second kappa shape index (κ2) is 8.17. The van der Waals surface area contributed by atoms with Crippen molar-refractivity contribution in [3.8, 4) is 0 Å². The summed E-state index contributed by atoms with van der Waals surface area (Å²) in [5.74, 6) is 0.162. The molecule has 0 spiro atoms. The summed E-state index contributed by atoms with van der Waals surface area (Å²) in [6.07, 6.45) is 1.61.